The lowest BCUT2D eigenvalue weighted by atomic mass is 10.3. The highest BCUT2D eigenvalue weighted by Gasteiger charge is 2.09. The van der Waals surface area contributed by atoms with Crippen molar-refractivity contribution in [1.29, 1.82) is 0 Å². The first-order chi connectivity index (χ1) is 9.54. The lowest BCUT2D eigenvalue weighted by molar-refractivity contribution is 0.247. The average molecular weight is 314 g/mol. The average Bonchev–Trinajstić information content (AvgIpc) is 2.86. The topological polar surface area (TPSA) is 71.8 Å². The van der Waals surface area contributed by atoms with Crippen molar-refractivity contribution in [2.45, 2.75) is 19.5 Å². The summed E-state index contributed by atoms with van der Waals surface area (Å²) in [5.74, 6) is 0. The minimum absolute atomic E-state index is 0.0977. The number of benzene rings is 1. The van der Waals surface area contributed by atoms with Crippen LogP contribution in [-0.4, -0.2) is 26.8 Å². The number of aromatic nitrogens is 3. The third-order valence-corrected chi connectivity index (χ3v) is 3.22. The molecule has 1 unspecified atom stereocenters. The Balaban J connectivity index is 1.87. The van der Waals surface area contributed by atoms with Gasteiger partial charge in [0, 0.05) is 11.7 Å². The van der Waals surface area contributed by atoms with Crippen LogP contribution in [0, 0.1) is 0 Å². The number of nitrogens with zero attached hydrogens (tertiary/aromatic N) is 3. The normalized spacial score (nSPS) is 11.9. The van der Waals surface area contributed by atoms with Gasteiger partial charge in [-0.1, -0.05) is 23.2 Å². The molecule has 2 rings (SSSR count). The van der Waals surface area contributed by atoms with Crippen LogP contribution in [-0.2, 0) is 6.54 Å². The van der Waals surface area contributed by atoms with Crippen LogP contribution in [0.5, 0.6) is 0 Å². The molecule has 0 saturated heterocycles. The van der Waals surface area contributed by atoms with E-state index in [0.29, 0.717) is 22.3 Å². The third-order valence-electron chi connectivity index (χ3n) is 2.48. The molecule has 1 atom stereocenters. The van der Waals surface area contributed by atoms with E-state index in [1.807, 2.05) is 6.92 Å². The Hall–Kier alpha value is -1.79. The molecule has 0 saturated carbocycles. The van der Waals surface area contributed by atoms with Gasteiger partial charge in [0.25, 0.3) is 0 Å². The molecule has 0 aliphatic rings. The van der Waals surface area contributed by atoms with E-state index < -0.39 is 0 Å². The molecule has 6 nitrogen and oxygen atoms in total. The number of anilines is 1. The lowest BCUT2D eigenvalue weighted by Gasteiger charge is -2.14. The van der Waals surface area contributed by atoms with E-state index in [1.165, 1.54) is 6.33 Å². The van der Waals surface area contributed by atoms with E-state index in [9.17, 15) is 4.79 Å². The van der Waals surface area contributed by atoms with Crippen molar-refractivity contribution in [3.8, 4) is 0 Å². The molecule has 0 aliphatic carbocycles. The second-order valence-corrected chi connectivity index (χ2v) is 5.06. The molecule has 2 aromatic rings. The third kappa shape index (κ3) is 4.11. The molecule has 1 heterocycles. The van der Waals surface area contributed by atoms with Crippen molar-refractivity contribution in [1.82, 2.24) is 20.1 Å². The van der Waals surface area contributed by atoms with Crippen molar-refractivity contribution < 1.29 is 4.79 Å². The summed E-state index contributed by atoms with van der Waals surface area (Å²) in [6, 6.07) is 4.47. The van der Waals surface area contributed by atoms with Crippen molar-refractivity contribution in [2.24, 2.45) is 0 Å². The zero-order valence-corrected chi connectivity index (χ0v) is 12.2. The first-order valence-electron chi connectivity index (χ1n) is 5.89. The molecular weight excluding hydrogens is 301 g/mol. The summed E-state index contributed by atoms with van der Waals surface area (Å²) in [5.41, 5.74) is 0.574. The number of amides is 2. The minimum atomic E-state index is -0.323. The van der Waals surface area contributed by atoms with E-state index in [-0.39, 0.29) is 12.1 Å². The highest BCUT2D eigenvalue weighted by molar-refractivity contribution is 6.42. The molecule has 0 bridgehead atoms. The van der Waals surface area contributed by atoms with Crippen LogP contribution in [0.25, 0.3) is 0 Å². The smallest absolute Gasteiger partial charge is 0.319 e. The first kappa shape index (κ1) is 14.6. The number of urea groups is 1. The van der Waals surface area contributed by atoms with Crippen molar-refractivity contribution in [3.05, 3.63) is 40.9 Å². The molecular formula is C12H13Cl2N5O. The minimum Gasteiger partial charge on any atom is -0.334 e. The maximum atomic E-state index is 11.8. The molecule has 1 aromatic carbocycles. The van der Waals surface area contributed by atoms with Gasteiger partial charge in [-0.15, -0.1) is 0 Å². The van der Waals surface area contributed by atoms with E-state index >= 15 is 0 Å². The zero-order valence-electron chi connectivity index (χ0n) is 10.7. The summed E-state index contributed by atoms with van der Waals surface area (Å²) in [5, 5.41) is 10.3. The molecule has 20 heavy (non-hydrogen) atoms. The molecule has 0 fully saturated rings. The fourth-order valence-corrected chi connectivity index (χ4v) is 1.92. The first-order valence-corrected chi connectivity index (χ1v) is 6.65. The predicted molar refractivity (Wildman–Crippen MR) is 78.1 cm³/mol. The van der Waals surface area contributed by atoms with Crippen molar-refractivity contribution in [2.75, 3.05) is 5.32 Å². The van der Waals surface area contributed by atoms with Gasteiger partial charge >= 0.3 is 6.03 Å². The molecule has 0 aliphatic heterocycles. The van der Waals surface area contributed by atoms with Crippen molar-refractivity contribution >= 4 is 34.9 Å². The van der Waals surface area contributed by atoms with Gasteiger partial charge in [-0.05, 0) is 25.1 Å². The molecule has 1 aromatic heterocycles. The number of carbonyl (C=O) groups excluding carboxylic acids is 1. The van der Waals surface area contributed by atoms with Gasteiger partial charge in [0.2, 0.25) is 0 Å². The highest BCUT2D eigenvalue weighted by Crippen LogP contribution is 2.24. The van der Waals surface area contributed by atoms with Gasteiger partial charge in [-0.3, -0.25) is 4.68 Å². The Morgan fingerprint density at radius 2 is 2.20 bits per heavy atom. The van der Waals surface area contributed by atoms with Crippen molar-refractivity contribution in [3.63, 3.8) is 0 Å². The molecule has 106 valence electrons. The fraction of sp³-hybridized carbons (Fsp3) is 0.250. The number of nitrogens with one attached hydrogen (secondary N) is 2. The monoisotopic (exact) mass is 313 g/mol. The van der Waals surface area contributed by atoms with Crippen LogP contribution in [0.15, 0.2) is 30.9 Å². The van der Waals surface area contributed by atoms with Crippen LogP contribution in [0.1, 0.15) is 6.92 Å². The van der Waals surface area contributed by atoms with Gasteiger partial charge < -0.3 is 10.6 Å². The second kappa shape index (κ2) is 6.58. The van der Waals surface area contributed by atoms with Gasteiger partial charge in [0.05, 0.1) is 16.6 Å². The number of carbonyl (C=O) groups is 1. The number of halogens is 2. The molecule has 8 heteroatoms. The number of rotatable bonds is 4. The van der Waals surface area contributed by atoms with E-state index in [1.54, 1.807) is 29.2 Å². The van der Waals surface area contributed by atoms with Crippen LogP contribution in [0.4, 0.5) is 10.5 Å². The second-order valence-electron chi connectivity index (χ2n) is 4.25. The molecule has 0 radical (unpaired) electrons. The summed E-state index contributed by atoms with van der Waals surface area (Å²) in [7, 11) is 0. The summed E-state index contributed by atoms with van der Waals surface area (Å²) in [4.78, 5) is 15.6. The summed E-state index contributed by atoms with van der Waals surface area (Å²) < 4.78 is 1.64. The fourth-order valence-electron chi connectivity index (χ4n) is 1.62. The van der Waals surface area contributed by atoms with E-state index in [2.05, 4.69) is 20.7 Å². The summed E-state index contributed by atoms with van der Waals surface area (Å²) in [6.07, 6.45) is 3.04. The Morgan fingerprint density at radius 3 is 2.85 bits per heavy atom. The Morgan fingerprint density at radius 1 is 1.40 bits per heavy atom. The summed E-state index contributed by atoms with van der Waals surface area (Å²) in [6.45, 7) is 2.41. The molecule has 2 N–H and O–H groups in total. The number of hydrogen-bond acceptors (Lipinski definition) is 3. The maximum Gasteiger partial charge on any atom is 0.319 e. The van der Waals surface area contributed by atoms with Crippen LogP contribution in [0.3, 0.4) is 0 Å². The highest BCUT2D eigenvalue weighted by atomic mass is 35.5. The Kier molecular flexibility index (Phi) is 4.81. The zero-order chi connectivity index (χ0) is 14.5. The lowest BCUT2D eigenvalue weighted by Crippen LogP contribution is -2.38. The van der Waals surface area contributed by atoms with Gasteiger partial charge in [0.1, 0.15) is 12.7 Å². The van der Waals surface area contributed by atoms with E-state index in [0.717, 1.165) is 0 Å². The Labute approximate surface area is 126 Å². The largest absolute Gasteiger partial charge is 0.334 e. The summed E-state index contributed by atoms with van der Waals surface area (Å²) >= 11 is 11.7. The molecule has 0 spiro atoms. The van der Waals surface area contributed by atoms with Gasteiger partial charge in [-0.2, -0.15) is 5.10 Å². The van der Waals surface area contributed by atoms with E-state index in [4.69, 9.17) is 23.2 Å². The standard InChI is InChI=1S/C12H13Cl2N5O/c1-8(5-19-7-15-6-16-19)17-12(20)18-9-2-3-10(13)11(14)4-9/h2-4,6-8H,5H2,1H3,(H2,17,18,20). The molecule has 2 amide bonds. The van der Waals surface area contributed by atoms with Crippen LogP contribution < -0.4 is 10.6 Å². The predicted octanol–water partition coefficient (Wildman–Crippen LogP) is 2.80. The SMILES string of the molecule is CC(Cn1cncn1)NC(=O)Nc1ccc(Cl)c(Cl)c1. The van der Waals surface area contributed by atoms with Gasteiger partial charge in [0.15, 0.2) is 0 Å². The Bertz CT molecular complexity index is 588. The van der Waals surface area contributed by atoms with Crippen LogP contribution >= 0.6 is 23.2 Å². The van der Waals surface area contributed by atoms with Crippen LogP contribution in [0.2, 0.25) is 10.0 Å². The quantitative estimate of drug-likeness (QED) is 0.911. The number of hydrogen-bond donors (Lipinski definition) is 2. The van der Waals surface area contributed by atoms with Gasteiger partial charge in [-0.25, -0.2) is 9.78 Å². The maximum absolute atomic E-state index is 11.8.